The summed E-state index contributed by atoms with van der Waals surface area (Å²) in [6, 6.07) is 55.6. The van der Waals surface area contributed by atoms with E-state index in [0.717, 1.165) is 18.7 Å². The third kappa shape index (κ3) is 10.2. The molecule has 2 aliphatic carbocycles. The first-order valence-electron chi connectivity index (χ1n) is 24.3. The zero-order valence-corrected chi connectivity index (χ0v) is 41.6. The van der Waals surface area contributed by atoms with Crippen LogP contribution in [0.25, 0.3) is 44.7 Å². The number of pyridine rings is 1. The topological polar surface area (TPSA) is 15.9 Å². The predicted molar refractivity (Wildman–Crippen MR) is 292 cm³/mol. The Labute approximate surface area is 403 Å². The van der Waals surface area contributed by atoms with Crippen molar-refractivity contribution in [1.29, 1.82) is 0 Å². The van der Waals surface area contributed by atoms with Gasteiger partial charge in [0.2, 0.25) is 5.69 Å². The number of aromatic nitrogens is 1. The average molecular weight is 880 g/mol. The number of aryl methyl sites for hydroxylation is 1. The summed E-state index contributed by atoms with van der Waals surface area (Å²) in [7, 11) is 0. The molecule has 0 unspecified atom stereocenters. The highest BCUT2D eigenvalue weighted by Crippen LogP contribution is 2.62. The zero-order chi connectivity index (χ0) is 47.9. The van der Waals surface area contributed by atoms with Crippen LogP contribution >= 0.6 is 0 Å². The van der Waals surface area contributed by atoms with Crippen LogP contribution < -0.4 is 9.88 Å². The van der Waals surface area contributed by atoms with Crippen LogP contribution in [0.15, 0.2) is 207 Å². The van der Waals surface area contributed by atoms with E-state index in [1.165, 1.54) is 108 Å². The summed E-state index contributed by atoms with van der Waals surface area (Å²) < 4.78 is 2.28. The molecule has 0 radical (unpaired) electrons. The molecule has 67 heavy (non-hydrogen) atoms. The van der Waals surface area contributed by atoms with Gasteiger partial charge < -0.3 is 5.32 Å². The molecule has 2 nitrogen and oxygen atoms in total. The standard InChI is InChI=1S/C43H39N.C12H10N.C6H12.C2H6.C2H4/c1-6-13-28(2)24-30(4)37-26-33(22-20-29(37)3)44-27-31(5)32-21-23-42-38(25-32)36-16-9-12-19-41(36)43(42)39-17-10-7-14-34(39)35-15-8-11-18-40(35)43;1-2-6-11-10(5-1)9-13-8-4-3-7-12(11)13;1-3-5-6-4-2;2*1-2/h7-27,44H,6H2,1-5H3;1-8H,9H2;5-6H,3-4H2,1-2H3;1-2H3;1-2H2/q;+1;;;/b28-13-,30-24+,31-27+;;;;. The van der Waals surface area contributed by atoms with Crippen LogP contribution in [0.2, 0.25) is 0 Å². The van der Waals surface area contributed by atoms with Gasteiger partial charge >= 0.3 is 0 Å². The quantitative estimate of drug-likeness (QED) is 0.0913. The summed E-state index contributed by atoms with van der Waals surface area (Å²) >= 11 is 0. The minimum atomic E-state index is -0.290. The highest BCUT2D eigenvalue weighted by Gasteiger charge is 2.51. The SMILES string of the molecule is C=C.CC.CC/C=C(C)\C=C(/C)c1cc(N/C=C(\C)c2ccc3c(c2)-c2ccccc2C32c3ccccc3-c3ccccc32)ccc1C.CCC=CCC.c1ccc2c(c1)C[n+]1ccccc1-2. The van der Waals surface area contributed by atoms with Crippen LogP contribution in [0.4, 0.5) is 5.69 Å². The number of fused-ring (bicyclic) bond motifs is 13. The van der Waals surface area contributed by atoms with Gasteiger partial charge in [-0.15, -0.1) is 13.2 Å². The van der Waals surface area contributed by atoms with Gasteiger partial charge in [-0.2, -0.15) is 4.57 Å². The van der Waals surface area contributed by atoms with Crippen molar-refractivity contribution in [3.8, 4) is 33.5 Å². The molecule has 2 heterocycles. The third-order valence-corrected chi connectivity index (χ3v) is 12.8. The number of hydrogen-bond donors (Lipinski definition) is 1. The van der Waals surface area contributed by atoms with Crippen molar-refractivity contribution in [2.75, 3.05) is 5.32 Å². The molecule has 1 aliphatic heterocycles. The van der Waals surface area contributed by atoms with E-state index < -0.39 is 0 Å². The second kappa shape index (κ2) is 23.4. The first-order chi connectivity index (χ1) is 32.8. The molecule has 6 aromatic carbocycles. The molecule has 0 bridgehead atoms. The van der Waals surface area contributed by atoms with E-state index in [9.17, 15) is 0 Å². The second-order valence-electron chi connectivity index (χ2n) is 17.0. The first kappa shape index (κ1) is 49.4. The predicted octanol–water partition coefficient (Wildman–Crippen LogP) is 17.8. The molecule has 1 aromatic heterocycles. The molecule has 0 saturated carbocycles. The Morgan fingerprint density at radius 2 is 1.12 bits per heavy atom. The fourth-order valence-corrected chi connectivity index (χ4v) is 9.84. The summed E-state index contributed by atoms with van der Waals surface area (Å²) in [5.41, 5.74) is 23.4. The maximum Gasteiger partial charge on any atom is 0.213 e. The second-order valence-corrected chi connectivity index (χ2v) is 17.0. The van der Waals surface area contributed by atoms with Gasteiger partial charge in [-0.25, -0.2) is 0 Å². The average Bonchev–Trinajstić information content (AvgIpc) is 4.01. The molecule has 0 atom stereocenters. The lowest BCUT2D eigenvalue weighted by molar-refractivity contribution is -0.672. The van der Waals surface area contributed by atoms with Crippen molar-refractivity contribution in [1.82, 2.24) is 0 Å². The molecule has 2 heteroatoms. The highest BCUT2D eigenvalue weighted by molar-refractivity contribution is 5.95. The Morgan fingerprint density at radius 1 is 0.582 bits per heavy atom. The molecular weight excluding hydrogens is 809 g/mol. The fourth-order valence-electron chi connectivity index (χ4n) is 9.84. The lowest BCUT2D eigenvalue weighted by atomic mass is 9.70. The van der Waals surface area contributed by atoms with E-state index in [-0.39, 0.29) is 5.41 Å². The van der Waals surface area contributed by atoms with E-state index >= 15 is 0 Å². The van der Waals surface area contributed by atoms with Gasteiger partial charge in [0.25, 0.3) is 0 Å². The van der Waals surface area contributed by atoms with E-state index in [1.54, 1.807) is 0 Å². The maximum atomic E-state index is 3.60. The van der Waals surface area contributed by atoms with Gasteiger partial charge in [0.15, 0.2) is 12.7 Å². The zero-order valence-electron chi connectivity index (χ0n) is 41.6. The van der Waals surface area contributed by atoms with Crippen molar-refractivity contribution in [2.45, 2.75) is 93.5 Å². The van der Waals surface area contributed by atoms with Crippen molar-refractivity contribution < 1.29 is 4.57 Å². The Kier molecular flexibility index (Phi) is 17.3. The monoisotopic (exact) mass is 880 g/mol. The smallest absolute Gasteiger partial charge is 0.213 e. The molecule has 340 valence electrons. The van der Waals surface area contributed by atoms with Gasteiger partial charge in [-0.1, -0.05) is 174 Å². The maximum absolute atomic E-state index is 3.60. The molecule has 0 amide bonds. The van der Waals surface area contributed by atoms with Crippen LogP contribution in [0.3, 0.4) is 0 Å². The first-order valence-corrected chi connectivity index (χ1v) is 24.3. The van der Waals surface area contributed by atoms with E-state index in [4.69, 9.17) is 0 Å². The van der Waals surface area contributed by atoms with Crippen LogP contribution in [-0.2, 0) is 12.0 Å². The highest BCUT2D eigenvalue weighted by atomic mass is 15.0. The van der Waals surface area contributed by atoms with E-state index in [2.05, 4.69) is 260 Å². The number of allylic oxidation sites excluding steroid dienone is 7. The normalized spacial score (nSPS) is 13.1. The Bertz CT molecular complexity index is 2820. The summed E-state index contributed by atoms with van der Waals surface area (Å²) in [6.45, 7) is 26.3. The summed E-state index contributed by atoms with van der Waals surface area (Å²) in [5, 5.41) is 3.60. The Hall–Kier alpha value is -7.03. The summed E-state index contributed by atoms with van der Waals surface area (Å²) in [5.74, 6) is 0. The van der Waals surface area contributed by atoms with E-state index in [1.807, 2.05) is 13.8 Å². The Morgan fingerprint density at radius 3 is 1.72 bits per heavy atom. The number of hydrogen-bond acceptors (Lipinski definition) is 1. The minimum absolute atomic E-state index is 0.290. The number of nitrogens with zero attached hydrogens (tertiary/aromatic N) is 1. The van der Waals surface area contributed by atoms with Gasteiger partial charge in [-0.05, 0) is 150 Å². The summed E-state index contributed by atoms with van der Waals surface area (Å²) in [6.07, 6.45) is 16.6. The van der Waals surface area contributed by atoms with E-state index in [0.29, 0.717) is 0 Å². The van der Waals surface area contributed by atoms with Crippen LogP contribution in [0.1, 0.15) is 119 Å². The molecule has 10 rings (SSSR count). The molecule has 3 aliphatic rings. The summed E-state index contributed by atoms with van der Waals surface area (Å²) in [4.78, 5) is 0. The fraction of sp³-hybridized carbons (Fsp3) is 0.215. The van der Waals surface area contributed by atoms with Gasteiger partial charge in [-0.3, -0.25) is 0 Å². The molecule has 1 N–H and O–H groups in total. The number of benzene rings is 6. The lowest BCUT2D eigenvalue weighted by Gasteiger charge is -2.30. The van der Waals surface area contributed by atoms with Crippen molar-refractivity contribution in [2.24, 2.45) is 0 Å². The van der Waals surface area contributed by atoms with Crippen LogP contribution in [0.5, 0.6) is 0 Å². The molecular formula is C65H71N2+. The Balaban J connectivity index is 0.000000264. The van der Waals surface area contributed by atoms with Gasteiger partial charge in [0.05, 0.1) is 11.0 Å². The van der Waals surface area contributed by atoms with Gasteiger partial charge in [0, 0.05) is 29.6 Å². The van der Waals surface area contributed by atoms with Crippen molar-refractivity contribution in [3.63, 3.8) is 0 Å². The number of anilines is 1. The lowest BCUT2D eigenvalue weighted by Crippen LogP contribution is -2.31. The van der Waals surface area contributed by atoms with Gasteiger partial charge in [0.1, 0.15) is 0 Å². The molecule has 7 aromatic rings. The molecule has 1 spiro atoms. The van der Waals surface area contributed by atoms with Crippen LogP contribution in [-0.4, -0.2) is 0 Å². The minimum Gasteiger partial charge on any atom is -0.361 e. The molecule has 0 fully saturated rings. The largest absolute Gasteiger partial charge is 0.361 e. The van der Waals surface area contributed by atoms with Crippen molar-refractivity contribution in [3.05, 3.63) is 252 Å². The number of rotatable bonds is 8. The van der Waals surface area contributed by atoms with Crippen LogP contribution in [0, 0.1) is 6.92 Å². The molecule has 0 saturated heterocycles. The van der Waals surface area contributed by atoms with Crippen molar-refractivity contribution >= 4 is 16.8 Å². The number of nitrogens with one attached hydrogen (secondary N) is 1. The third-order valence-electron chi connectivity index (χ3n) is 12.8.